The van der Waals surface area contributed by atoms with E-state index in [2.05, 4.69) is 16.0 Å². The van der Waals surface area contributed by atoms with Gasteiger partial charge in [0, 0.05) is 12.4 Å². The fraction of sp³-hybridized carbons (Fsp3) is 0.0556. The Bertz CT molecular complexity index is 1080. The molecule has 4 aromatic rings. The Morgan fingerprint density at radius 3 is 2.67 bits per heavy atom. The maximum Gasteiger partial charge on any atom is 0.417 e. The van der Waals surface area contributed by atoms with Crippen molar-refractivity contribution in [3.05, 3.63) is 88.4 Å². The van der Waals surface area contributed by atoms with Gasteiger partial charge in [-0.2, -0.15) is 5.26 Å². The van der Waals surface area contributed by atoms with Crippen LogP contribution in [0.5, 0.6) is 0 Å². The van der Waals surface area contributed by atoms with Crippen LogP contribution in [0.15, 0.2) is 70.4 Å². The normalized spacial score (nSPS) is 12.1. The largest absolute Gasteiger partial charge is 0.417 e. The van der Waals surface area contributed by atoms with Crippen molar-refractivity contribution >= 4 is 11.1 Å². The van der Waals surface area contributed by atoms with Crippen LogP contribution in [0.25, 0.3) is 11.1 Å². The highest BCUT2D eigenvalue weighted by atomic mass is 16.4. The Kier molecular flexibility index (Phi) is 3.25. The Labute approximate surface area is 136 Å². The van der Waals surface area contributed by atoms with Crippen molar-refractivity contribution in [2.75, 3.05) is 0 Å². The Morgan fingerprint density at radius 1 is 1.17 bits per heavy atom. The summed E-state index contributed by atoms with van der Waals surface area (Å²) >= 11 is 0. The minimum atomic E-state index is -0.472. The number of hydrogen-bond donors (Lipinski definition) is 1. The van der Waals surface area contributed by atoms with E-state index >= 15 is 0 Å². The number of aromatic amines is 1. The Morgan fingerprint density at radius 2 is 1.96 bits per heavy atom. The van der Waals surface area contributed by atoms with Crippen molar-refractivity contribution in [2.24, 2.45) is 0 Å². The van der Waals surface area contributed by atoms with Gasteiger partial charge >= 0.3 is 5.76 Å². The molecule has 0 saturated heterocycles. The Balaban J connectivity index is 1.87. The minimum absolute atomic E-state index is 0.134. The molecule has 0 radical (unpaired) electrons. The molecule has 116 valence electrons. The van der Waals surface area contributed by atoms with Crippen molar-refractivity contribution in [2.45, 2.75) is 6.04 Å². The zero-order valence-electron chi connectivity index (χ0n) is 12.5. The molecule has 2 aromatic heterocycles. The average Bonchev–Trinajstić information content (AvgIpc) is 3.24. The fourth-order valence-electron chi connectivity index (χ4n) is 2.83. The predicted molar refractivity (Wildman–Crippen MR) is 87.5 cm³/mol. The molecule has 0 amide bonds. The third-order valence-electron chi connectivity index (χ3n) is 3.94. The molecule has 6 heteroatoms. The van der Waals surface area contributed by atoms with E-state index in [0.29, 0.717) is 16.7 Å². The number of fused-ring (bicyclic) bond motifs is 1. The predicted octanol–water partition coefficient (Wildman–Crippen LogP) is 2.83. The molecule has 24 heavy (non-hydrogen) atoms. The number of imidazole rings is 1. The summed E-state index contributed by atoms with van der Waals surface area (Å²) in [5.41, 5.74) is 3.73. The SMILES string of the molecule is N#Cc1ccc(C(c2ccc3[nH]c(=O)oc3c2)n2ccnc2)cc1. The topological polar surface area (TPSA) is 87.6 Å². The van der Waals surface area contributed by atoms with Crippen LogP contribution in [-0.4, -0.2) is 14.5 Å². The minimum Gasteiger partial charge on any atom is -0.408 e. The van der Waals surface area contributed by atoms with E-state index in [-0.39, 0.29) is 6.04 Å². The summed E-state index contributed by atoms with van der Waals surface area (Å²) in [6.45, 7) is 0. The molecule has 6 nitrogen and oxygen atoms in total. The van der Waals surface area contributed by atoms with E-state index in [1.165, 1.54) is 0 Å². The zero-order valence-corrected chi connectivity index (χ0v) is 12.5. The average molecular weight is 316 g/mol. The van der Waals surface area contributed by atoms with Crippen LogP contribution >= 0.6 is 0 Å². The summed E-state index contributed by atoms with van der Waals surface area (Å²) in [4.78, 5) is 18.1. The molecule has 0 aliphatic rings. The number of rotatable bonds is 3. The van der Waals surface area contributed by atoms with Gasteiger partial charge in [0.15, 0.2) is 5.58 Å². The maximum absolute atomic E-state index is 11.4. The number of nitriles is 1. The number of nitrogens with zero attached hydrogens (tertiary/aromatic N) is 3. The number of hydrogen-bond acceptors (Lipinski definition) is 4. The standard InChI is InChI=1S/C18H12N4O2/c19-10-12-1-3-13(4-2-12)17(22-8-7-20-11-22)14-5-6-15-16(9-14)24-18(23)21-15/h1-9,11,17H,(H,21,23). The molecule has 2 aromatic carbocycles. The molecule has 0 aliphatic heterocycles. The van der Waals surface area contributed by atoms with Crippen LogP contribution in [-0.2, 0) is 0 Å². The smallest absolute Gasteiger partial charge is 0.408 e. The van der Waals surface area contributed by atoms with Gasteiger partial charge in [-0.05, 0) is 35.4 Å². The number of oxazole rings is 1. The second-order valence-electron chi connectivity index (χ2n) is 5.42. The molecule has 0 fully saturated rings. The number of aromatic nitrogens is 3. The van der Waals surface area contributed by atoms with Gasteiger partial charge in [-0.1, -0.05) is 18.2 Å². The summed E-state index contributed by atoms with van der Waals surface area (Å²) in [6, 6.07) is 15.0. The summed E-state index contributed by atoms with van der Waals surface area (Å²) in [5, 5.41) is 8.98. The zero-order chi connectivity index (χ0) is 16.5. The quantitative estimate of drug-likeness (QED) is 0.629. The lowest BCUT2D eigenvalue weighted by atomic mass is 9.97. The molecular weight excluding hydrogens is 304 g/mol. The van der Waals surface area contributed by atoms with Gasteiger partial charge in [0.1, 0.15) is 0 Å². The maximum atomic E-state index is 11.4. The lowest BCUT2D eigenvalue weighted by Crippen LogP contribution is -2.10. The molecule has 1 N–H and O–H groups in total. The van der Waals surface area contributed by atoms with Crippen molar-refractivity contribution in [1.82, 2.24) is 14.5 Å². The van der Waals surface area contributed by atoms with Gasteiger partial charge in [0.25, 0.3) is 0 Å². The first-order chi connectivity index (χ1) is 11.7. The first-order valence-electron chi connectivity index (χ1n) is 7.35. The van der Waals surface area contributed by atoms with E-state index in [4.69, 9.17) is 9.68 Å². The summed E-state index contributed by atoms with van der Waals surface area (Å²) < 4.78 is 7.13. The first kappa shape index (κ1) is 14.0. The lowest BCUT2D eigenvalue weighted by molar-refractivity contribution is 0.554. The van der Waals surface area contributed by atoms with Gasteiger partial charge in [-0.25, -0.2) is 9.78 Å². The molecule has 1 atom stereocenters. The van der Waals surface area contributed by atoms with Crippen molar-refractivity contribution in [3.63, 3.8) is 0 Å². The lowest BCUT2D eigenvalue weighted by Gasteiger charge is -2.19. The first-order valence-corrected chi connectivity index (χ1v) is 7.35. The summed E-state index contributed by atoms with van der Waals surface area (Å²) in [7, 11) is 0. The third-order valence-corrected chi connectivity index (χ3v) is 3.94. The molecule has 1 unspecified atom stereocenters. The van der Waals surface area contributed by atoms with Crippen molar-refractivity contribution in [3.8, 4) is 6.07 Å². The molecule has 0 bridgehead atoms. The highest BCUT2D eigenvalue weighted by Gasteiger charge is 2.17. The van der Waals surface area contributed by atoms with E-state index in [1.807, 2.05) is 41.1 Å². The molecule has 2 heterocycles. The fourth-order valence-corrected chi connectivity index (χ4v) is 2.83. The van der Waals surface area contributed by atoms with E-state index in [9.17, 15) is 4.79 Å². The highest BCUT2D eigenvalue weighted by molar-refractivity contribution is 5.73. The van der Waals surface area contributed by atoms with Crippen LogP contribution in [0.2, 0.25) is 0 Å². The monoisotopic (exact) mass is 316 g/mol. The van der Waals surface area contributed by atoms with Gasteiger partial charge in [0.05, 0.1) is 29.5 Å². The van der Waals surface area contributed by atoms with Gasteiger partial charge in [-0.3, -0.25) is 4.98 Å². The van der Waals surface area contributed by atoms with Gasteiger partial charge in [-0.15, -0.1) is 0 Å². The molecule has 0 saturated carbocycles. The second kappa shape index (κ2) is 5.56. The molecule has 0 aliphatic carbocycles. The van der Waals surface area contributed by atoms with Crippen LogP contribution in [0.1, 0.15) is 22.7 Å². The van der Waals surface area contributed by atoms with Crippen molar-refractivity contribution < 1.29 is 4.42 Å². The van der Waals surface area contributed by atoms with E-state index in [1.54, 1.807) is 24.7 Å². The van der Waals surface area contributed by atoms with Gasteiger partial charge in [0.2, 0.25) is 0 Å². The summed E-state index contributed by atoms with van der Waals surface area (Å²) in [6.07, 6.45) is 5.33. The highest BCUT2D eigenvalue weighted by Crippen LogP contribution is 2.28. The molecule has 0 spiro atoms. The number of nitrogens with one attached hydrogen (secondary N) is 1. The third kappa shape index (κ3) is 2.38. The number of H-pyrrole nitrogens is 1. The van der Waals surface area contributed by atoms with E-state index < -0.39 is 5.76 Å². The van der Waals surface area contributed by atoms with Gasteiger partial charge < -0.3 is 8.98 Å². The Hall–Kier alpha value is -3.59. The second-order valence-corrected chi connectivity index (χ2v) is 5.42. The number of benzene rings is 2. The van der Waals surface area contributed by atoms with Crippen molar-refractivity contribution in [1.29, 1.82) is 5.26 Å². The summed E-state index contributed by atoms with van der Waals surface area (Å²) in [5.74, 6) is -0.472. The van der Waals surface area contributed by atoms with Crippen LogP contribution < -0.4 is 5.76 Å². The van der Waals surface area contributed by atoms with Crippen LogP contribution in [0.4, 0.5) is 0 Å². The van der Waals surface area contributed by atoms with E-state index in [0.717, 1.165) is 11.1 Å². The molecule has 4 rings (SSSR count). The van der Waals surface area contributed by atoms with Crippen LogP contribution in [0.3, 0.4) is 0 Å². The molecular formula is C18H12N4O2. The van der Waals surface area contributed by atoms with Crippen LogP contribution in [0, 0.1) is 11.3 Å².